The van der Waals surface area contributed by atoms with Gasteiger partial charge in [0, 0.05) is 19.6 Å². The summed E-state index contributed by atoms with van der Waals surface area (Å²) in [6, 6.07) is -0.173. The number of sulfonamides is 1. The lowest BCUT2D eigenvalue weighted by Crippen LogP contribution is -2.46. The average molecular weight is 272 g/mol. The number of morpholine rings is 1. The molecule has 0 amide bonds. The van der Waals surface area contributed by atoms with Gasteiger partial charge in [-0.05, 0) is 6.92 Å². The Morgan fingerprint density at radius 2 is 2.11 bits per heavy atom. The maximum absolute atomic E-state index is 12.4. The highest BCUT2D eigenvalue weighted by Crippen LogP contribution is 2.19. The Balaban J connectivity index is 2.28. The summed E-state index contributed by atoms with van der Waals surface area (Å²) in [6.07, 6.45) is 2.63. The first kappa shape index (κ1) is 13.2. The zero-order valence-electron chi connectivity index (χ0n) is 10.3. The Morgan fingerprint density at radius 3 is 2.67 bits per heavy atom. The van der Waals surface area contributed by atoms with Crippen molar-refractivity contribution in [3.05, 3.63) is 12.4 Å². The topological polar surface area (TPSA) is 84.4 Å². The van der Waals surface area contributed by atoms with Crippen LogP contribution in [0.15, 0.2) is 17.3 Å². The van der Waals surface area contributed by atoms with E-state index in [1.165, 1.54) is 16.7 Å². The first-order valence-corrected chi connectivity index (χ1v) is 7.09. The number of ether oxygens (including phenoxy) is 1. The maximum atomic E-state index is 12.4. The van der Waals surface area contributed by atoms with Crippen molar-refractivity contribution in [2.75, 3.05) is 32.1 Å². The van der Waals surface area contributed by atoms with Gasteiger partial charge in [-0.25, -0.2) is 18.4 Å². The number of rotatable bonds is 3. The van der Waals surface area contributed by atoms with Crippen LogP contribution in [0.4, 0.5) is 5.95 Å². The van der Waals surface area contributed by atoms with Crippen molar-refractivity contribution in [1.82, 2.24) is 14.3 Å². The summed E-state index contributed by atoms with van der Waals surface area (Å²) in [4.78, 5) is 7.95. The van der Waals surface area contributed by atoms with E-state index < -0.39 is 10.0 Å². The van der Waals surface area contributed by atoms with Crippen LogP contribution in [0.5, 0.6) is 0 Å². The molecule has 0 aromatic carbocycles. The van der Waals surface area contributed by atoms with Gasteiger partial charge >= 0.3 is 0 Å². The maximum Gasteiger partial charge on any atom is 0.246 e. The van der Waals surface area contributed by atoms with Crippen LogP contribution < -0.4 is 5.32 Å². The van der Waals surface area contributed by atoms with E-state index in [0.717, 1.165) is 0 Å². The van der Waals surface area contributed by atoms with Crippen LogP contribution in [0.3, 0.4) is 0 Å². The first-order valence-electron chi connectivity index (χ1n) is 5.65. The van der Waals surface area contributed by atoms with E-state index in [1.807, 2.05) is 6.92 Å². The standard InChI is InChI=1S/C10H16N4O3S/c1-8-7-17-4-3-14(8)18(15,16)9-5-12-10(11-2)13-6-9/h5-6,8H,3-4,7H2,1-2H3,(H,11,12,13). The minimum absolute atomic E-state index is 0.107. The molecule has 1 saturated heterocycles. The summed E-state index contributed by atoms with van der Waals surface area (Å²) >= 11 is 0. The third-order valence-electron chi connectivity index (χ3n) is 2.77. The van der Waals surface area contributed by atoms with Gasteiger partial charge in [-0.2, -0.15) is 4.31 Å². The van der Waals surface area contributed by atoms with E-state index in [4.69, 9.17) is 4.74 Å². The number of nitrogens with one attached hydrogen (secondary N) is 1. The molecule has 2 heterocycles. The van der Waals surface area contributed by atoms with Crippen molar-refractivity contribution in [1.29, 1.82) is 0 Å². The van der Waals surface area contributed by atoms with E-state index in [1.54, 1.807) is 7.05 Å². The summed E-state index contributed by atoms with van der Waals surface area (Å²) in [5.41, 5.74) is 0. The van der Waals surface area contributed by atoms with Crippen molar-refractivity contribution >= 4 is 16.0 Å². The van der Waals surface area contributed by atoms with Crippen LogP contribution in [-0.4, -0.2) is 55.5 Å². The molecule has 2 rings (SSSR count). The summed E-state index contributed by atoms with van der Waals surface area (Å²) in [7, 11) is -1.86. The van der Waals surface area contributed by atoms with Crippen molar-refractivity contribution in [3.63, 3.8) is 0 Å². The van der Waals surface area contributed by atoms with E-state index in [9.17, 15) is 8.42 Å². The zero-order valence-corrected chi connectivity index (χ0v) is 11.1. The number of hydrogen-bond acceptors (Lipinski definition) is 6. The average Bonchev–Trinajstić information content (AvgIpc) is 2.39. The molecule has 1 aromatic rings. The third kappa shape index (κ3) is 2.45. The SMILES string of the molecule is CNc1ncc(S(=O)(=O)N2CCOCC2C)cn1. The van der Waals surface area contributed by atoms with Crippen molar-refractivity contribution in [2.24, 2.45) is 0 Å². The molecule has 7 nitrogen and oxygen atoms in total. The Hall–Kier alpha value is -1.25. The van der Waals surface area contributed by atoms with Crippen LogP contribution in [0.25, 0.3) is 0 Å². The molecule has 100 valence electrons. The lowest BCUT2D eigenvalue weighted by atomic mass is 10.3. The van der Waals surface area contributed by atoms with E-state index in [2.05, 4.69) is 15.3 Å². The van der Waals surface area contributed by atoms with Crippen molar-refractivity contribution in [2.45, 2.75) is 17.9 Å². The van der Waals surface area contributed by atoms with Gasteiger partial charge in [0.1, 0.15) is 4.90 Å². The molecule has 18 heavy (non-hydrogen) atoms. The minimum Gasteiger partial charge on any atom is -0.378 e. The highest BCUT2D eigenvalue weighted by Gasteiger charge is 2.31. The van der Waals surface area contributed by atoms with Crippen LogP contribution in [0.1, 0.15) is 6.92 Å². The fourth-order valence-corrected chi connectivity index (χ4v) is 3.28. The van der Waals surface area contributed by atoms with Crippen molar-refractivity contribution in [3.8, 4) is 0 Å². The predicted molar refractivity (Wildman–Crippen MR) is 65.8 cm³/mol. The van der Waals surface area contributed by atoms with Crippen LogP contribution >= 0.6 is 0 Å². The monoisotopic (exact) mass is 272 g/mol. The Bertz CT molecular complexity index is 502. The molecule has 1 aromatic heterocycles. The Morgan fingerprint density at radius 1 is 1.44 bits per heavy atom. The molecule has 1 atom stereocenters. The second-order valence-electron chi connectivity index (χ2n) is 4.03. The first-order chi connectivity index (χ1) is 8.55. The fourth-order valence-electron chi connectivity index (χ4n) is 1.78. The van der Waals surface area contributed by atoms with Crippen LogP contribution in [-0.2, 0) is 14.8 Å². The molecular formula is C10H16N4O3S. The molecule has 0 radical (unpaired) electrons. The van der Waals surface area contributed by atoms with Gasteiger partial charge in [0.2, 0.25) is 16.0 Å². The molecule has 1 aliphatic heterocycles. The molecule has 8 heteroatoms. The van der Waals surface area contributed by atoms with E-state index >= 15 is 0 Å². The van der Waals surface area contributed by atoms with Crippen LogP contribution in [0.2, 0.25) is 0 Å². The smallest absolute Gasteiger partial charge is 0.246 e. The number of nitrogens with zero attached hydrogens (tertiary/aromatic N) is 3. The van der Waals surface area contributed by atoms with E-state index in [0.29, 0.717) is 25.7 Å². The van der Waals surface area contributed by atoms with Crippen LogP contribution in [0, 0.1) is 0 Å². The molecule has 1 fully saturated rings. The highest BCUT2D eigenvalue weighted by atomic mass is 32.2. The van der Waals surface area contributed by atoms with Gasteiger partial charge < -0.3 is 10.1 Å². The second-order valence-corrected chi connectivity index (χ2v) is 5.92. The van der Waals surface area contributed by atoms with Gasteiger partial charge in [-0.15, -0.1) is 0 Å². The quantitative estimate of drug-likeness (QED) is 0.829. The summed E-state index contributed by atoms with van der Waals surface area (Å²) < 4.78 is 31.4. The van der Waals surface area contributed by atoms with Gasteiger partial charge in [0.05, 0.1) is 25.6 Å². The van der Waals surface area contributed by atoms with Crippen molar-refractivity contribution < 1.29 is 13.2 Å². The molecular weight excluding hydrogens is 256 g/mol. The Labute approximate surface area is 106 Å². The largest absolute Gasteiger partial charge is 0.378 e. The van der Waals surface area contributed by atoms with Gasteiger partial charge in [-0.3, -0.25) is 0 Å². The lowest BCUT2D eigenvalue weighted by Gasteiger charge is -2.31. The normalized spacial score (nSPS) is 21.8. The lowest BCUT2D eigenvalue weighted by molar-refractivity contribution is 0.0392. The van der Waals surface area contributed by atoms with Gasteiger partial charge in [-0.1, -0.05) is 0 Å². The molecule has 0 saturated carbocycles. The summed E-state index contributed by atoms with van der Waals surface area (Å²) in [5, 5.41) is 2.74. The summed E-state index contributed by atoms with van der Waals surface area (Å²) in [6.45, 7) is 3.00. The second kappa shape index (κ2) is 5.17. The number of anilines is 1. The number of aromatic nitrogens is 2. The molecule has 0 aliphatic carbocycles. The number of hydrogen-bond donors (Lipinski definition) is 1. The van der Waals surface area contributed by atoms with Gasteiger partial charge in [0.25, 0.3) is 0 Å². The minimum atomic E-state index is -3.54. The third-order valence-corrected chi connectivity index (χ3v) is 4.73. The molecule has 1 N–H and O–H groups in total. The Kier molecular flexibility index (Phi) is 3.79. The predicted octanol–water partition coefficient (Wildman–Crippen LogP) is -0.0723. The highest BCUT2D eigenvalue weighted by molar-refractivity contribution is 7.89. The van der Waals surface area contributed by atoms with Gasteiger partial charge in [0.15, 0.2) is 0 Å². The molecule has 0 bridgehead atoms. The molecule has 1 unspecified atom stereocenters. The zero-order chi connectivity index (χ0) is 13.2. The summed E-state index contributed by atoms with van der Waals surface area (Å²) in [5.74, 6) is 0.393. The fraction of sp³-hybridized carbons (Fsp3) is 0.600. The molecule has 1 aliphatic rings. The molecule has 0 spiro atoms. The van der Waals surface area contributed by atoms with E-state index in [-0.39, 0.29) is 10.9 Å².